The molecule has 17 heavy (non-hydrogen) atoms. The van der Waals surface area contributed by atoms with E-state index in [-0.39, 0.29) is 0 Å². The van der Waals surface area contributed by atoms with Crippen LogP contribution in [0, 0.1) is 0 Å². The lowest BCUT2D eigenvalue weighted by Crippen LogP contribution is -1.96. The van der Waals surface area contributed by atoms with E-state index in [1.54, 1.807) is 11.1 Å². The van der Waals surface area contributed by atoms with Gasteiger partial charge in [0.25, 0.3) is 0 Å². The Morgan fingerprint density at radius 1 is 1.18 bits per heavy atom. The molecular formula is C15H22ClN. The molecule has 1 rings (SSSR count). The summed E-state index contributed by atoms with van der Waals surface area (Å²) in [5, 5.41) is 0.569. The van der Waals surface area contributed by atoms with Crippen LogP contribution in [0.5, 0.6) is 0 Å². The molecule has 0 atom stereocenters. The van der Waals surface area contributed by atoms with Crippen LogP contribution in [0.15, 0.2) is 29.5 Å². The maximum atomic E-state index is 5.80. The Kier molecular flexibility index (Phi) is 6.28. The minimum absolute atomic E-state index is 0.569. The number of nitrogens with zero attached hydrogens (tertiary/aromatic N) is 1. The van der Waals surface area contributed by atoms with Gasteiger partial charge in [-0.3, -0.25) is 0 Å². The number of hydrogen-bond acceptors (Lipinski definition) is 1. The van der Waals surface area contributed by atoms with E-state index in [1.807, 2.05) is 12.3 Å². The predicted octanol–water partition coefficient (Wildman–Crippen LogP) is 5.19. The fraction of sp³-hybridized carbons (Fsp3) is 0.533. The molecule has 94 valence electrons. The molecule has 0 aliphatic heterocycles. The lowest BCUT2D eigenvalue weighted by atomic mass is 9.95. The van der Waals surface area contributed by atoms with Gasteiger partial charge in [-0.15, -0.1) is 0 Å². The Morgan fingerprint density at radius 3 is 2.41 bits per heavy atom. The molecule has 1 heterocycles. The van der Waals surface area contributed by atoms with Crippen molar-refractivity contribution in [2.24, 2.45) is 0 Å². The summed E-state index contributed by atoms with van der Waals surface area (Å²) in [6, 6.07) is 3.94. The lowest BCUT2D eigenvalue weighted by Gasteiger charge is -2.11. The summed E-state index contributed by atoms with van der Waals surface area (Å²) in [6.45, 7) is 6.73. The molecule has 2 heteroatoms. The van der Waals surface area contributed by atoms with Crippen LogP contribution in [0.1, 0.15) is 52.0 Å². The third kappa shape index (κ3) is 4.91. The normalized spacial score (nSPS) is 12.5. The first-order chi connectivity index (χ1) is 8.17. The number of hydrogen-bond donors (Lipinski definition) is 0. The van der Waals surface area contributed by atoms with Gasteiger partial charge in [0.05, 0.1) is 0 Å². The molecule has 0 aliphatic carbocycles. The lowest BCUT2D eigenvalue weighted by molar-refractivity contribution is 0.810. The highest BCUT2D eigenvalue weighted by atomic mass is 35.5. The number of pyridine rings is 1. The first-order valence-corrected chi connectivity index (χ1v) is 6.83. The van der Waals surface area contributed by atoms with E-state index in [9.17, 15) is 0 Å². The first-order valence-electron chi connectivity index (χ1n) is 6.45. The van der Waals surface area contributed by atoms with Gasteiger partial charge in [-0.1, -0.05) is 55.5 Å². The van der Waals surface area contributed by atoms with Crippen molar-refractivity contribution in [1.82, 2.24) is 4.98 Å². The molecule has 0 bridgehead atoms. The van der Waals surface area contributed by atoms with Gasteiger partial charge in [0, 0.05) is 6.20 Å². The Hall–Kier alpha value is -0.820. The number of aromatic nitrogens is 1. The fourth-order valence-electron chi connectivity index (χ4n) is 2.06. The standard InChI is InChI=1S/C15H22ClN/c1-4-6-12(3)14(7-5-2)10-13-8-9-15(16)17-11-13/h8-9,11H,4-7,10H2,1-3H3/b14-12+. The van der Waals surface area contributed by atoms with Crippen LogP contribution in [0.2, 0.25) is 5.15 Å². The van der Waals surface area contributed by atoms with Gasteiger partial charge >= 0.3 is 0 Å². The van der Waals surface area contributed by atoms with Crippen LogP contribution >= 0.6 is 11.6 Å². The molecule has 0 fully saturated rings. The summed E-state index contributed by atoms with van der Waals surface area (Å²) in [5.74, 6) is 0. The van der Waals surface area contributed by atoms with Crippen LogP contribution in [0.4, 0.5) is 0 Å². The van der Waals surface area contributed by atoms with Crippen LogP contribution in [0.25, 0.3) is 0 Å². The molecule has 0 N–H and O–H groups in total. The molecule has 0 amide bonds. The maximum absolute atomic E-state index is 5.80. The van der Waals surface area contributed by atoms with Crippen molar-refractivity contribution < 1.29 is 0 Å². The smallest absolute Gasteiger partial charge is 0.129 e. The summed E-state index contributed by atoms with van der Waals surface area (Å²) in [6.07, 6.45) is 7.72. The minimum Gasteiger partial charge on any atom is -0.244 e. The van der Waals surface area contributed by atoms with E-state index in [4.69, 9.17) is 11.6 Å². The third-order valence-electron chi connectivity index (χ3n) is 2.99. The minimum atomic E-state index is 0.569. The quantitative estimate of drug-likeness (QED) is 0.501. The average Bonchev–Trinajstić information content (AvgIpc) is 2.31. The van der Waals surface area contributed by atoms with Gasteiger partial charge in [-0.2, -0.15) is 0 Å². The van der Waals surface area contributed by atoms with Crippen LogP contribution in [-0.2, 0) is 6.42 Å². The molecular weight excluding hydrogens is 230 g/mol. The van der Waals surface area contributed by atoms with Crippen molar-refractivity contribution in [3.8, 4) is 0 Å². The molecule has 0 unspecified atom stereocenters. The second kappa shape index (κ2) is 7.50. The van der Waals surface area contributed by atoms with Gasteiger partial charge in [0.15, 0.2) is 0 Å². The first kappa shape index (κ1) is 14.2. The molecule has 0 aromatic carbocycles. The number of rotatable bonds is 6. The molecule has 1 aromatic heterocycles. The zero-order valence-corrected chi connectivity index (χ0v) is 11.8. The Morgan fingerprint density at radius 2 is 1.88 bits per heavy atom. The van der Waals surface area contributed by atoms with E-state index in [0.29, 0.717) is 5.15 Å². The summed E-state index contributed by atoms with van der Waals surface area (Å²) >= 11 is 5.80. The number of allylic oxidation sites excluding steroid dienone is 2. The highest BCUT2D eigenvalue weighted by Gasteiger charge is 2.04. The summed E-state index contributed by atoms with van der Waals surface area (Å²) in [5.41, 5.74) is 4.37. The van der Waals surface area contributed by atoms with Crippen LogP contribution < -0.4 is 0 Å². The summed E-state index contributed by atoms with van der Waals surface area (Å²) < 4.78 is 0. The zero-order valence-electron chi connectivity index (χ0n) is 11.1. The molecule has 0 saturated carbocycles. The van der Waals surface area contributed by atoms with Crippen molar-refractivity contribution in [2.45, 2.75) is 52.9 Å². The predicted molar refractivity (Wildman–Crippen MR) is 75.5 cm³/mol. The highest BCUT2D eigenvalue weighted by Crippen LogP contribution is 2.20. The molecule has 0 radical (unpaired) electrons. The Labute approximate surface area is 110 Å². The van der Waals surface area contributed by atoms with Gasteiger partial charge in [-0.25, -0.2) is 4.98 Å². The third-order valence-corrected chi connectivity index (χ3v) is 3.21. The van der Waals surface area contributed by atoms with Crippen molar-refractivity contribution in [3.05, 3.63) is 40.2 Å². The number of halogens is 1. The monoisotopic (exact) mass is 251 g/mol. The SMILES string of the molecule is CCC/C(C)=C(\CCC)Cc1ccc(Cl)nc1. The van der Waals surface area contributed by atoms with E-state index in [2.05, 4.69) is 31.8 Å². The molecule has 0 saturated heterocycles. The van der Waals surface area contributed by atoms with Gasteiger partial charge in [0.1, 0.15) is 5.15 Å². The Balaban J connectivity index is 2.79. The largest absolute Gasteiger partial charge is 0.244 e. The van der Waals surface area contributed by atoms with E-state index in [0.717, 1.165) is 6.42 Å². The second-order valence-corrected chi connectivity index (χ2v) is 4.94. The van der Waals surface area contributed by atoms with Gasteiger partial charge in [0.2, 0.25) is 0 Å². The fourth-order valence-corrected chi connectivity index (χ4v) is 2.18. The van der Waals surface area contributed by atoms with Gasteiger partial charge in [-0.05, 0) is 37.8 Å². The summed E-state index contributed by atoms with van der Waals surface area (Å²) in [7, 11) is 0. The van der Waals surface area contributed by atoms with E-state index >= 15 is 0 Å². The van der Waals surface area contributed by atoms with Crippen LogP contribution in [-0.4, -0.2) is 4.98 Å². The van der Waals surface area contributed by atoms with Crippen molar-refractivity contribution in [2.75, 3.05) is 0 Å². The molecule has 1 nitrogen and oxygen atoms in total. The van der Waals surface area contributed by atoms with Gasteiger partial charge < -0.3 is 0 Å². The van der Waals surface area contributed by atoms with Crippen molar-refractivity contribution >= 4 is 11.6 Å². The van der Waals surface area contributed by atoms with Crippen LogP contribution in [0.3, 0.4) is 0 Å². The zero-order chi connectivity index (χ0) is 12.7. The van der Waals surface area contributed by atoms with Crippen molar-refractivity contribution in [1.29, 1.82) is 0 Å². The topological polar surface area (TPSA) is 12.9 Å². The highest BCUT2D eigenvalue weighted by molar-refractivity contribution is 6.29. The molecule has 1 aromatic rings. The average molecular weight is 252 g/mol. The summed E-state index contributed by atoms with van der Waals surface area (Å²) in [4.78, 5) is 4.14. The maximum Gasteiger partial charge on any atom is 0.129 e. The van der Waals surface area contributed by atoms with E-state index < -0.39 is 0 Å². The second-order valence-electron chi connectivity index (χ2n) is 4.55. The molecule has 0 spiro atoms. The van der Waals surface area contributed by atoms with E-state index in [1.165, 1.54) is 31.2 Å². The van der Waals surface area contributed by atoms with Crippen molar-refractivity contribution in [3.63, 3.8) is 0 Å². The Bertz CT molecular complexity index is 365. The molecule has 0 aliphatic rings.